The lowest BCUT2D eigenvalue weighted by Gasteiger charge is -2.16. The van der Waals surface area contributed by atoms with Crippen molar-refractivity contribution in [2.75, 3.05) is 14.2 Å². The third-order valence-electron chi connectivity index (χ3n) is 5.27. The number of pyridine rings is 1. The third kappa shape index (κ3) is 4.20. The Bertz CT molecular complexity index is 1410. The minimum absolute atomic E-state index is 0.105. The number of fused-ring (bicyclic) bond motifs is 1. The lowest BCUT2D eigenvalue weighted by atomic mass is 10.1. The van der Waals surface area contributed by atoms with Crippen molar-refractivity contribution in [2.45, 2.75) is 6.54 Å². The number of hydrogen-bond donors (Lipinski definition) is 0. The zero-order valence-electron chi connectivity index (χ0n) is 18.1. The summed E-state index contributed by atoms with van der Waals surface area (Å²) >= 11 is 1.52. The molecule has 0 unspecified atom stereocenters. The lowest BCUT2D eigenvalue weighted by Crippen LogP contribution is -2.26. The van der Waals surface area contributed by atoms with Crippen molar-refractivity contribution in [3.8, 4) is 27.7 Å². The van der Waals surface area contributed by atoms with Gasteiger partial charge in [0.2, 0.25) is 0 Å². The number of amides is 1. The van der Waals surface area contributed by atoms with Gasteiger partial charge in [-0.2, -0.15) is 0 Å². The Morgan fingerprint density at radius 2 is 1.97 bits per heavy atom. The highest BCUT2D eigenvalue weighted by Gasteiger charge is 2.18. The van der Waals surface area contributed by atoms with Crippen LogP contribution in [0.1, 0.15) is 16.1 Å². The van der Waals surface area contributed by atoms with Crippen molar-refractivity contribution in [1.29, 1.82) is 0 Å². The molecular formula is C25H20N4O3S. The molecule has 7 nitrogen and oxygen atoms in total. The van der Waals surface area contributed by atoms with E-state index in [0.29, 0.717) is 29.1 Å². The Balaban J connectivity index is 1.43. The van der Waals surface area contributed by atoms with Crippen LogP contribution < -0.4 is 4.74 Å². The first kappa shape index (κ1) is 20.8. The van der Waals surface area contributed by atoms with Crippen LogP contribution in [-0.2, 0) is 6.54 Å². The largest absolute Gasteiger partial charge is 0.497 e. The second-order valence-corrected chi connectivity index (χ2v) is 8.35. The zero-order chi connectivity index (χ0) is 22.8. The number of rotatable bonds is 6. The monoisotopic (exact) mass is 456 g/mol. The maximum Gasteiger partial charge on any atom is 0.253 e. The van der Waals surface area contributed by atoms with Crippen LogP contribution in [0.25, 0.3) is 32.9 Å². The molecule has 0 aliphatic rings. The van der Waals surface area contributed by atoms with E-state index < -0.39 is 0 Å². The quantitative estimate of drug-likeness (QED) is 0.345. The number of nitrogens with zero attached hydrogens (tertiary/aromatic N) is 4. The molecule has 0 atom stereocenters. The Hall–Kier alpha value is -4.04. The van der Waals surface area contributed by atoms with E-state index in [9.17, 15) is 4.79 Å². The molecule has 0 aliphatic heterocycles. The second-order valence-electron chi connectivity index (χ2n) is 7.49. The summed E-state index contributed by atoms with van der Waals surface area (Å²) < 4.78 is 10.7. The van der Waals surface area contributed by atoms with Gasteiger partial charge in [0.25, 0.3) is 5.91 Å². The van der Waals surface area contributed by atoms with Crippen LogP contribution in [0.5, 0.6) is 5.75 Å². The average molecular weight is 457 g/mol. The number of hydrogen-bond acceptors (Lipinski definition) is 7. The van der Waals surface area contributed by atoms with Crippen LogP contribution in [0.2, 0.25) is 0 Å². The topological polar surface area (TPSA) is 81.3 Å². The molecule has 0 aliphatic carbocycles. The third-order valence-corrected chi connectivity index (χ3v) is 6.16. The van der Waals surface area contributed by atoms with E-state index in [4.69, 9.17) is 14.2 Å². The van der Waals surface area contributed by atoms with E-state index >= 15 is 0 Å². The number of aromatic nitrogens is 3. The molecule has 0 radical (unpaired) electrons. The van der Waals surface area contributed by atoms with Gasteiger partial charge in [0.1, 0.15) is 22.1 Å². The number of carbonyl (C=O) groups excluding carboxylic acids is 1. The van der Waals surface area contributed by atoms with Gasteiger partial charge in [0.05, 0.1) is 24.7 Å². The predicted molar refractivity (Wildman–Crippen MR) is 127 cm³/mol. The number of benzene rings is 2. The van der Waals surface area contributed by atoms with Crippen LogP contribution in [0, 0.1) is 0 Å². The van der Waals surface area contributed by atoms with Crippen molar-refractivity contribution in [1.82, 2.24) is 20.0 Å². The van der Waals surface area contributed by atoms with Crippen molar-refractivity contribution >= 4 is 28.2 Å². The van der Waals surface area contributed by atoms with Gasteiger partial charge in [-0.3, -0.25) is 9.78 Å². The summed E-state index contributed by atoms with van der Waals surface area (Å²) in [6, 6.07) is 18.7. The van der Waals surface area contributed by atoms with Gasteiger partial charge in [0, 0.05) is 29.8 Å². The second kappa shape index (κ2) is 8.84. The van der Waals surface area contributed by atoms with Gasteiger partial charge < -0.3 is 14.2 Å². The molecule has 0 bridgehead atoms. The molecule has 0 N–H and O–H groups in total. The number of methoxy groups -OCH3 is 1. The van der Waals surface area contributed by atoms with E-state index in [-0.39, 0.29) is 5.91 Å². The first-order chi connectivity index (χ1) is 16.1. The standard InChI is InChI=1S/C25H20N4O3S/c1-29(14-18-5-3-4-12-26-18)25(30)17-8-11-22-20(13-17)23(28-32-22)21-15-33-24(27-21)16-6-9-19(31-2)10-7-16/h3-13,15H,14H2,1-2H3. The first-order valence-corrected chi connectivity index (χ1v) is 11.2. The zero-order valence-corrected chi connectivity index (χ0v) is 18.9. The minimum Gasteiger partial charge on any atom is -0.497 e. The van der Waals surface area contributed by atoms with E-state index in [0.717, 1.165) is 27.4 Å². The highest BCUT2D eigenvalue weighted by molar-refractivity contribution is 7.13. The molecule has 3 heterocycles. The highest BCUT2D eigenvalue weighted by Crippen LogP contribution is 2.33. The first-order valence-electron chi connectivity index (χ1n) is 10.3. The van der Waals surface area contributed by atoms with Gasteiger partial charge in [-0.15, -0.1) is 11.3 Å². The Morgan fingerprint density at radius 1 is 1.12 bits per heavy atom. The van der Waals surface area contributed by atoms with E-state index in [1.165, 1.54) is 11.3 Å². The molecule has 5 aromatic rings. The fraction of sp³-hybridized carbons (Fsp3) is 0.120. The van der Waals surface area contributed by atoms with Gasteiger partial charge in [-0.25, -0.2) is 4.98 Å². The summed E-state index contributed by atoms with van der Waals surface area (Å²) in [5.41, 5.74) is 4.29. The van der Waals surface area contributed by atoms with Crippen LogP contribution in [0.3, 0.4) is 0 Å². The molecular weight excluding hydrogens is 436 g/mol. The van der Waals surface area contributed by atoms with Gasteiger partial charge in [-0.1, -0.05) is 11.2 Å². The van der Waals surface area contributed by atoms with Crippen molar-refractivity contribution in [3.63, 3.8) is 0 Å². The van der Waals surface area contributed by atoms with Gasteiger partial charge in [-0.05, 0) is 54.6 Å². The molecule has 8 heteroatoms. The SMILES string of the molecule is COc1ccc(-c2nc(-c3noc4ccc(C(=O)N(C)Cc5ccccn5)cc34)cs2)cc1. The smallest absolute Gasteiger partial charge is 0.253 e. The van der Waals surface area contributed by atoms with E-state index in [2.05, 4.69) is 10.1 Å². The van der Waals surface area contributed by atoms with Crippen LogP contribution in [-0.4, -0.2) is 40.1 Å². The minimum atomic E-state index is -0.105. The molecule has 0 fully saturated rings. The van der Waals surface area contributed by atoms with Crippen LogP contribution in [0.4, 0.5) is 0 Å². The maximum atomic E-state index is 13.0. The molecule has 5 rings (SSSR count). The number of thiazole rings is 1. The summed E-state index contributed by atoms with van der Waals surface area (Å²) in [6.07, 6.45) is 1.72. The Morgan fingerprint density at radius 3 is 2.73 bits per heavy atom. The summed E-state index contributed by atoms with van der Waals surface area (Å²) in [6.45, 7) is 0.422. The fourth-order valence-electron chi connectivity index (χ4n) is 3.53. The summed E-state index contributed by atoms with van der Waals surface area (Å²) in [4.78, 5) is 23.7. The van der Waals surface area contributed by atoms with Crippen molar-refractivity contribution < 1.29 is 14.1 Å². The van der Waals surface area contributed by atoms with Gasteiger partial charge >= 0.3 is 0 Å². The Labute approximate surface area is 194 Å². The molecule has 1 amide bonds. The molecule has 2 aromatic carbocycles. The summed E-state index contributed by atoms with van der Waals surface area (Å²) in [7, 11) is 3.40. The van der Waals surface area contributed by atoms with Gasteiger partial charge in [0.15, 0.2) is 5.58 Å². The number of ether oxygens (including phenoxy) is 1. The summed E-state index contributed by atoms with van der Waals surface area (Å²) in [5.74, 6) is 0.690. The molecule has 0 saturated heterocycles. The molecule has 33 heavy (non-hydrogen) atoms. The van der Waals surface area contributed by atoms with E-state index in [1.807, 2.05) is 53.9 Å². The van der Waals surface area contributed by atoms with E-state index in [1.54, 1.807) is 37.4 Å². The molecule has 0 saturated carbocycles. The molecule has 164 valence electrons. The fourth-order valence-corrected chi connectivity index (χ4v) is 4.34. The molecule has 3 aromatic heterocycles. The van der Waals surface area contributed by atoms with Crippen LogP contribution >= 0.6 is 11.3 Å². The average Bonchev–Trinajstić information content (AvgIpc) is 3.51. The normalized spacial score (nSPS) is 11.0. The maximum absolute atomic E-state index is 13.0. The highest BCUT2D eigenvalue weighted by atomic mass is 32.1. The van der Waals surface area contributed by atoms with Crippen molar-refractivity contribution in [2.24, 2.45) is 0 Å². The lowest BCUT2D eigenvalue weighted by molar-refractivity contribution is 0.0783. The predicted octanol–water partition coefficient (Wildman–Crippen LogP) is 5.29. The number of carbonyl (C=O) groups is 1. The Kier molecular flexibility index (Phi) is 5.58. The van der Waals surface area contributed by atoms with Crippen LogP contribution in [0.15, 0.2) is 76.8 Å². The summed E-state index contributed by atoms with van der Waals surface area (Å²) in [5, 5.41) is 7.79. The molecule has 0 spiro atoms. The van der Waals surface area contributed by atoms with Crippen molar-refractivity contribution in [3.05, 3.63) is 83.5 Å².